The number of aliphatic hydroxyl groups is 1. The second kappa shape index (κ2) is 6.25. The first-order valence-electron chi connectivity index (χ1n) is 6.69. The molecule has 1 aliphatic rings. The van der Waals surface area contributed by atoms with E-state index in [1.165, 1.54) is 0 Å². The van der Waals surface area contributed by atoms with Crippen LogP contribution in [0.25, 0.3) is 0 Å². The van der Waals surface area contributed by atoms with Crippen molar-refractivity contribution in [1.82, 2.24) is 0 Å². The minimum Gasteiger partial charge on any atom is -0.496 e. The summed E-state index contributed by atoms with van der Waals surface area (Å²) in [6.45, 7) is 2.76. The van der Waals surface area contributed by atoms with E-state index in [1.54, 1.807) is 7.11 Å². The number of aliphatic hydroxyl groups excluding tert-OH is 1. The highest BCUT2D eigenvalue weighted by Crippen LogP contribution is 2.31. The van der Waals surface area contributed by atoms with Gasteiger partial charge in [-0.25, -0.2) is 0 Å². The SMILES string of the molecule is COc1ccc(CC(O)C2(C)CCCCO2)cc1Br. The first kappa shape index (κ1) is 14.8. The molecule has 2 atom stereocenters. The fraction of sp³-hybridized carbons (Fsp3) is 0.600. The van der Waals surface area contributed by atoms with E-state index in [0.717, 1.165) is 41.7 Å². The van der Waals surface area contributed by atoms with Gasteiger partial charge in [-0.3, -0.25) is 0 Å². The first-order chi connectivity index (χ1) is 9.05. The van der Waals surface area contributed by atoms with Crippen LogP contribution in [-0.4, -0.2) is 30.5 Å². The molecule has 4 heteroatoms. The fourth-order valence-corrected chi connectivity index (χ4v) is 3.08. The fourth-order valence-electron chi connectivity index (χ4n) is 2.49. The molecule has 106 valence electrons. The van der Waals surface area contributed by atoms with Crippen LogP contribution in [0.3, 0.4) is 0 Å². The minimum atomic E-state index is -0.479. The quantitative estimate of drug-likeness (QED) is 0.921. The lowest BCUT2D eigenvalue weighted by atomic mass is 9.87. The third kappa shape index (κ3) is 3.50. The maximum atomic E-state index is 10.4. The van der Waals surface area contributed by atoms with Gasteiger partial charge in [-0.2, -0.15) is 0 Å². The predicted octanol–water partition coefficient (Wildman–Crippen LogP) is 3.32. The summed E-state index contributed by atoms with van der Waals surface area (Å²) in [5.41, 5.74) is 0.667. The van der Waals surface area contributed by atoms with Crippen LogP contribution in [0.4, 0.5) is 0 Å². The predicted molar refractivity (Wildman–Crippen MR) is 78.6 cm³/mol. The number of benzene rings is 1. The average Bonchev–Trinajstić information content (AvgIpc) is 2.40. The van der Waals surface area contributed by atoms with Crippen molar-refractivity contribution in [2.75, 3.05) is 13.7 Å². The molecule has 1 N–H and O–H groups in total. The lowest BCUT2D eigenvalue weighted by Gasteiger charge is -2.38. The van der Waals surface area contributed by atoms with E-state index in [4.69, 9.17) is 9.47 Å². The molecule has 3 nitrogen and oxygen atoms in total. The highest BCUT2D eigenvalue weighted by molar-refractivity contribution is 9.10. The molecule has 1 fully saturated rings. The topological polar surface area (TPSA) is 38.7 Å². The molecule has 0 bridgehead atoms. The molecule has 19 heavy (non-hydrogen) atoms. The summed E-state index contributed by atoms with van der Waals surface area (Å²) in [5.74, 6) is 0.804. The maximum Gasteiger partial charge on any atom is 0.133 e. The number of hydrogen-bond acceptors (Lipinski definition) is 3. The van der Waals surface area contributed by atoms with E-state index in [0.29, 0.717) is 6.42 Å². The molecule has 1 saturated heterocycles. The van der Waals surface area contributed by atoms with Crippen molar-refractivity contribution in [2.45, 2.75) is 44.3 Å². The van der Waals surface area contributed by atoms with Gasteiger partial charge < -0.3 is 14.6 Å². The molecule has 0 spiro atoms. The second-order valence-corrected chi connectivity index (χ2v) is 6.16. The Morgan fingerprint density at radius 2 is 2.26 bits per heavy atom. The second-order valence-electron chi connectivity index (χ2n) is 5.31. The van der Waals surface area contributed by atoms with Gasteiger partial charge in [0.05, 0.1) is 23.3 Å². The standard InChI is InChI=1S/C15H21BrO3/c1-15(7-3-4-8-19-15)14(17)10-11-5-6-13(18-2)12(16)9-11/h5-6,9,14,17H,3-4,7-8,10H2,1-2H3. The summed E-state index contributed by atoms with van der Waals surface area (Å²) < 4.78 is 11.9. The number of hydrogen-bond donors (Lipinski definition) is 1. The van der Waals surface area contributed by atoms with Gasteiger partial charge in [0.25, 0.3) is 0 Å². The Balaban J connectivity index is 2.05. The summed E-state index contributed by atoms with van der Waals surface area (Å²) in [6, 6.07) is 5.89. The molecule has 1 aliphatic heterocycles. The van der Waals surface area contributed by atoms with Crippen molar-refractivity contribution in [3.8, 4) is 5.75 Å². The Morgan fingerprint density at radius 1 is 1.47 bits per heavy atom. The largest absolute Gasteiger partial charge is 0.496 e. The summed E-state index contributed by atoms with van der Waals surface area (Å²) in [7, 11) is 1.64. The monoisotopic (exact) mass is 328 g/mol. The highest BCUT2D eigenvalue weighted by atomic mass is 79.9. The van der Waals surface area contributed by atoms with E-state index < -0.39 is 11.7 Å². The summed E-state index contributed by atoms with van der Waals surface area (Å²) in [5, 5.41) is 10.4. The Morgan fingerprint density at radius 3 is 2.84 bits per heavy atom. The van der Waals surface area contributed by atoms with Crippen molar-refractivity contribution < 1.29 is 14.6 Å². The number of rotatable bonds is 4. The van der Waals surface area contributed by atoms with E-state index in [1.807, 2.05) is 25.1 Å². The molecular weight excluding hydrogens is 308 g/mol. The van der Waals surface area contributed by atoms with Gasteiger partial charge in [0, 0.05) is 13.0 Å². The summed E-state index contributed by atoms with van der Waals surface area (Å²) in [6.07, 6.45) is 3.26. The van der Waals surface area contributed by atoms with Gasteiger partial charge in [0.2, 0.25) is 0 Å². The number of ether oxygens (including phenoxy) is 2. The lowest BCUT2D eigenvalue weighted by Crippen LogP contribution is -2.45. The van der Waals surface area contributed by atoms with Gasteiger partial charge in [-0.15, -0.1) is 0 Å². The number of halogens is 1. The van der Waals surface area contributed by atoms with Crippen LogP contribution in [0.2, 0.25) is 0 Å². The van der Waals surface area contributed by atoms with E-state index >= 15 is 0 Å². The Hall–Kier alpha value is -0.580. The van der Waals surface area contributed by atoms with Crippen molar-refractivity contribution in [3.05, 3.63) is 28.2 Å². The van der Waals surface area contributed by atoms with Crippen molar-refractivity contribution in [1.29, 1.82) is 0 Å². The van der Waals surface area contributed by atoms with Gasteiger partial charge in [-0.05, 0) is 59.8 Å². The average molecular weight is 329 g/mol. The minimum absolute atomic E-state index is 0.412. The highest BCUT2D eigenvalue weighted by Gasteiger charge is 2.35. The normalized spacial score (nSPS) is 25.1. The molecular formula is C15H21BrO3. The third-order valence-electron chi connectivity index (χ3n) is 3.85. The van der Waals surface area contributed by atoms with Crippen LogP contribution in [0.1, 0.15) is 31.7 Å². The van der Waals surface area contributed by atoms with E-state index in [-0.39, 0.29) is 0 Å². The number of methoxy groups -OCH3 is 1. The lowest BCUT2D eigenvalue weighted by molar-refractivity contribution is -0.135. The van der Waals surface area contributed by atoms with Crippen molar-refractivity contribution in [2.24, 2.45) is 0 Å². The third-order valence-corrected chi connectivity index (χ3v) is 4.47. The maximum absolute atomic E-state index is 10.4. The van der Waals surface area contributed by atoms with Crippen LogP contribution in [0, 0.1) is 0 Å². The molecule has 0 saturated carbocycles. The Bertz CT molecular complexity index is 427. The van der Waals surface area contributed by atoms with Crippen LogP contribution in [-0.2, 0) is 11.2 Å². The van der Waals surface area contributed by atoms with Crippen LogP contribution >= 0.6 is 15.9 Å². The Kier molecular flexibility index (Phi) is 4.87. The van der Waals surface area contributed by atoms with Gasteiger partial charge >= 0.3 is 0 Å². The molecule has 2 unspecified atom stereocenters. The zero-order chi connectivity index (χ0) is 13.9. The van der Waals surface area contributed by atoms with E-state index in [9.17, 15) is 5.11 Å². The van der Waals surface area contributed by atoms with Gasteiger partial charge in [0.1, 0.15) is 5.75 Å². The van der Waals surface area contributed by atoms with Gasteiger partial charge in [0.15, 0.2) is 0 Å². The molecule has 1 aromatic rings. The summed E-state index contributed by atoms with van der Waals surface area (Å²) in [4.78, 5) is 0. The molecule has 1 heterocycles. The molecule has 0 aliphatic carbocycles. The van der Waals surface area contributed by atoms with Gasteiger partial charge in [-0.1, -0.05) is 6.07 Å². The molecule has 1 aromatic carbocycles. The van der Waals surface area contributed by atoms with Crippen molar-refractivity contribution in [3.63, 3.8) is 0 Å². The van der Waals surface area contributed by atoms with Crippen LogP contribution < -0.4 is 4.74 Å². The molecule has 0 amide bonds. The van der Waals surface area contributed by atoms with Crippen LogP contribution in [0.5, 0.6) is 5.75 Å². The van der Waals surface area contributed by atoms with E-state index in [2.05, 4.69) is 15.9 Å². The first-order valence-corrected chi connectivity index (χ1v) is 7.49. The zero-order valence-corrected chi connectivity index (χ0v) is 13.1. The molecule has 2 rings (SSSR count). The smallest absolute Gasteiger partial charge is 0.133 e. The summed E-state index contributed by atoms with van der Waals surface area (Å²) >= 11 is 3.47. The van der Waals surface area contributed by atoms with Crippen LogP contribution in [0.15, 0.2) is 22.7 Å². The molecule has 0 aromatic heterocycles. The zero-order valence-electron chi connectivity index (χ0n) is 11.5. The molecule has 0 radical (unpaired) electrons. The van der Waals surface area contributed by atoms with Crippen molar-refractivity contribution >= 4 is 15.9 Å². The Labute approximate surface area is 123 Å².